The number of hydrogen-bond donors (Lipinski definition) is 1. The molecule has 0 radical (unpaired) electrons. The van der Waals surface area contributed by atoms with E-state index < -0.39 is 0 Å². The minimum atomic E-state index is -0.269. The maximum absolute atomic E-state index is 13.8. The Kier molecular flexibility index (Phi) is 2.88. The molecule has 0 saturated carbocycles. The number of rotatable bonds is 2. The van der Waals surface area contributed by atoms with Gasteiger partial charge < -0.3 is 5.73 Å². The summed E-state index contributed by atoms with van der Waals surface area (Å²) in [5.41, 5.74) is 8.11. The van der Waals surface area contributed by atoms with Crippen LogP contribution in [0.25, 0.3) is 11.1 Å². The van der Waals surface area contributed by atoms with Crippen LogP contribution in [0.15, 0.2) is 24.4 Å². The van der Waals surface area contributed by atoms with Gasteiger partial charge in [0.25, 0.3) is 0 Å². The summed E-state index contributed by atoms with van der Waals surface area (Å²) >= 11 is 0. The third kappa shape index (κ3) is 2.02. The van der Waals surface area contributed by atoms with Gasteiger partial charge in [-0.2, -0.15) is 5.10 Å². The molecule has 1 heterocycles. The number of nitrogens with two attached hydrogens (primary N) is 1. The molecule has 17 heavy (non-hydrogen) atoms. The summed E-state index contributed by atoms with van der Waals surface area (Å²) in [5.74, 6) is 0.561. The molecular formula is C13H16FN3. The van der Waals surface area contributed by atoms with Crippen molar-refractivity contribution in [2.24, 2.45) is 7.05 Å². The normalized spacial score (nSPS) is 11.1. The predicted molar refractivity (Wildman–Crippen MR) is 67.1 cm³/mol. The lowest BCUT2D eigenvalue weighted by Gasteiger charge is -2.09. The Bertz CT molecular complexity index is 544. The van der Waals surface area contributed by atoms with E-state index in [4.69, 9.17) is 5.73 Å². The zero-order chi connectivity index (χ0) is 12.6. The standard InChI is InChI=1S/C13H16FN3/c1-8(2)9-4-5-12(14)10(6-9)11-7-16-17(3)13(11)15/h4-8H,15H2,1-3H3. The minimum Gasteiger partial charge on any atom is -0.383 e. The second-order valence-electron chi connectivity index (χ2n) is 4.46. The molecule has 0 unspecified atom stereocenters. The first-order valence-corrected chi connectivity index (χ1v) is 5.58. The van der Waals surface area contributed by atoms with Crippen molar-refractivity contribution in [2.75, 3.05) is 5.73 Å². The van der Waals surface area contributed by atoms with Gasteiger partial charge >= 0.3 is 0 Å². The van der Waals surface area contributed by atoms with Crippen molar-refractivity contribution in [3.8, 4) is 11.1 Å². The van der Waals surface area contributed by atoms with Crippen molar-refractivity contribution in [1.29, 1.82) is 0 Å². The Morgan fingerprint density at radius 1 is 1.29 bits per heavy atom. The number of aryl methyl sites for hydroxylation is 1. The molecule has 0 aliphatic carbocycles. The molecule has 0 saturated heterocycles. The fourth-order valence-corrected chi connectivity index (χ4v) is 1.76. The maximum atomic E-state index is 13.8. The second-order valence-corrected chi connectivity index (χ2v) is 4.46. The molecule has 1 aromatic carbocycles. The first-order chi connectivity index (χ1) is 8.00. The Morgan fingerprint density at radius 3 is 2.53 bits per heavy atom. The first kappa shape index (κ1) is 11.6. The highest BCUT2D eigenvalue weighted by Gasteiger charge is 2.13. The van der Waals surface area contributed by atoms with Gasteiger partial charge in [0.1, 0.15) is 11.6 Å². The van der Waals surface area contributed by atoms with Gasteiger partial charge in [-0.1, -0.05) is 19.9 Å². The summed E-state index contributed by atoms with van der Waals surface area (Å²) in [6.45, 7) is 4.15. The van der Waals surface area contributed by atoms with Crippen molar-refractivity contribution in [2.45, 2.75) is 19.8 Å². The minimum absolute atomic E-state index is 0.269. The van der Waals surface area contributed by atoms with Crippen LogP contribution in [0.4, 0.5) is 10.2 Å². The van der Waals surface area contributed by atoms with Gasteiger partial charge in [-0.3, -0.25) is 4.68 Å². The fourth-order valence-electron chi connectivity index (χ4n) is 1.76. The Labute approximate surface area is 100 Å². The highest BCUT2D eigenvalue weighted by atomic mass is 19.1. The van der Waals surface area contributed by atoms with E-state index >= 15 is 0 Å². The molecule has 0 atom stereocenters. The number of halogens is 1. The van der Waals surface area contributed by atoms with Crippen LogP contribution in [0.3, 0.4) is 0 Å². The summed E-state index contributed by atoms with van der Waals surface area (Å²) in [5, 5.41) is 4.03. The van der Waals surface area contributed by atoms with Gasteiger partial charge in [0, 0.05) is 18.2 Å². The molecule has 90 valence electrons. The van der Waals surface area contributed by atoms with Crippen LogP contribution >= 0.6 is 0 Å². The van der Waals surface area contributed by atoms with E-state index in [1.165, 1.54) is 10.7 Å². The molecule has 0 spiro atoms. The number of benzene rings is 1. The highest BCUT2D eigenvalue weighted by molar-refractivity contribution is 5.74. The predicted octanol–water partition coefficient (Wildman–Crippen LogP) is 2.93. The molecular weight excluding hydrogens is 217 g/mol. The van der Waals surface area contributed by atoms with E-state index in [0.717, 1.165) is 5.56 Å². The van der Waals surface area contributed by atoms with E-state index in [1.54, 1.807) is 19.3 Å². The zero-order valence-corrected chi connectivity index (χ0v) is 10.2. The van der Waals surface area contributed by atoms with Crippen LogP contribution < -0.4 is 5.73 Å². The van der Waals surface area contributed by atoms with Crippen molar-refractivity contribution in [1.82, 2.24) is 9.78 Å². The topological polar surface area (TPSA) is 43.8 Å². The molecule has 3 nitrogen and oxygen atoms in total. The molecule has 0 aliphatic rings. The Hall–Kier alpha value is -1.84. The van der Waals surface area contributed by atoms with E-state index in [0.29, 0.717) is 22.9 Å². The summed E-state index contributed by atoms with van der Waals surface area (Å²) in [6.07, 6.45) is 1.60. The SMILES string of the molecule is CC(C)c1ccc(F)c(-c2cnn(C)c2N)c1. The van der Waals surface area contributed by atoms with E-state index in [9.17, 15) is 4.39 Å². The zero-order valence-electron chi connectivity index (χ0n) is 10.2. The van der Waals surface area contributed by atoms with Crippen molar-refractivity contribution >= 4 is 5.82 Å². The summed E-state index contributed by atoms with van der Waals surface area (Å²) in [7, 11) is 1.74. The average molecular weight is 233 g/mol. The summed E-state index contributed by atoms with van der Waals surface area (Å²) in [6, 6.07) is 5.13. The second kappa shape index (κ2) is 4.20. The smallest absolute Gasteiger partial charge is 0.131 e. The van der Waals surface area contributed by atoms with Gasteiger partial charge in [0.2, 0.25) is 0 Å². The average Bonchev–Trinajstić information content (AvgIpc) is 2.60. The third-order valence-electron chi connectivity index (χ3n) is 2.93. The molecule has 0 amide bonds. The van der Waals surface area contributed by atoms with E-state index in [1.807, 2.05) is 6.07 Å². The molecule has 2 N–H and O–H groups in total. The molecule has 1 aromatic heterocycles. The number of nitrogen functional groups attached to an aromatic ring is 1. The highest BCUT2D eigenvalue weighted by Crippen LogP contribution is 2.30. The maximum Gasteiger partial charge on any atom is 0.131 e. The number of anilines is 1. The molecule has 0 aliphatic heterocycles. The van der Waals surface area contributed by atoms with Crippen LogP contribution in [0, 0.1) is 5.82 Å². The van der Waals surface area contributed by atoms with Gasteiger partial charge in [0.15, 0.2) is 0 Å². The van der Waals surface area contributed by atoms with Crippen molar-refractivity contribution < 1.29 is 4.39 Å². The van der Waals surface area contributed by atoms with Gasteiger partial charge in [-0.25, -0.2) is 4.39 Å². The van der Waals surface area contributed by atoms with Gasteiger partial charge in [-0.15, -0.1) is 0 Å². The number of hydrogen-bond acceptors (Lipinski definition) is 2. The van der Waals surface area contributed by atoms with Crippen LogP contribution in [-0.2, 0) is 7.05 Å². The third-order valence-corrected chi connectivity index (χ3v) is 2.93. The number of aromatic nitrogens is 2. The summed E-state index contributed by atoms with van der Waals surface area (Å²) in [4.78, 5) is 0. The molecule has 0 fully saturated rings. The summed E-state index contributed by atoms with van der Waals surface area (Å²) < 4.78 is 15.4. The van der Waals surface area contributed by atoms with Crippen LogP contribution in [0.1, 0.15) is 25.3 Å². The van der Waals surface area contributed by atoms with Gasteiger partial charge in [-0.05, 0) is 23.6 Å². The molecule has 4 heteroatoms. The number of nitrogens with zero attached hydrogens (tertiary/aromatic N) is 2. The first-order valence-electron chi connectivity index (χ1n) is 5.58. The molecule has 2 rings (SSSR count). The van der Waals surface area contributed by atoms with Crippen LogP contribution in [-0.4, -0.2) is 9.78 Å². The van der Waals surface area contributed by atoms with Gasteiger partial charge in [0.05, 0.1) is 6.20 Å². The fraction of sp³-hybridized carbons (Fsp3) is 0.308. The lowest BCUT2D eigenvalue weighted by molar-refractivity contribution is 0.630. The van der Waals surface area contributed by atoms with Crippen molar-refractivity contribution in [3.63, 3.8) is 0 Å². The van der Waals surface area contributed by atoms with Crippen molar-refractivity contribution in [3.05, 3.63) is 35.8 Å². The van der Waals surface area contributed by atoms with Crippen LogP contribution in [0.5, 0.6) is 0 Å². The lowest BCUT2D eigenvalue weighted by atomic mass is 9.98. The Morgan fingerprint density at radius 2 is 2.00 bits per heavy atom. The largest absolute Gasteiger partial charge is 0.383 e. The molecule has 2 aromatic rings. The lowest BCUT2D eigenvalue weighted by Crippen LogP contribution is -1.99. The van der Waals surface area contributed by atoms with E-state index in [-0.39, 0.29) is 5.82 Å². The van der Waals surface area contributed by atoms with E-state index in [2.05, 4.69) is 18.9 Å². The monoisotopic (exact) mass is 233 g/mol. The van der Waals surface area contributed by atoms with Crippen LogP contribution in [0.2, 0.25) is 0 Å². The molecule has 0 bridgehead atoms. The quantitative estimate of drug-likeness (QED) is 0.866. The Balaban J connectivity index is 2.58.